The molecule has 0 radical (unpaired) electrons. The van der Waals surface area contributed by atoms with Crippen molar-refractivity contribution in [3.63, 3.8) is 0 Å². The molecule has 0 saturated carbocycles. The van der Waals surface area contributed by atoms with Crippen LogP contribution in [-0.4, -0.2) is 9.97 Å². The van der Waals surface area contributed by atoms with E-state index in [1.807, 2.05) is 30.3 Å². The van der Waals surface area contributed by atoms with Crippen molar-refractivity contribution in [3.05, 3.63) is 192 Å². The summed E-state index contributed by atoms with van der Waals surface area (Å²) in [6, 6.07) is 60.1. The lowest BCUT2D eigenvalue weighted by molar-refractivity contribution is 0.436. The molecule has 3 nitrogen and oxygen atoms in total. The minimum absolute atomic E-state index is 0.485. The molecular formula is C45H28N2O. The number of aromatic nitrogens is 2. The molecule has 10 rings (SSSR count). The van der Waals surface area contributed by atoms with Crippen LogP contribution in [0.3, 0.4) is 0 Å². The fourth-order valence-electron chi connectivity index (χ4n) is 7.87. The van der Waals surface area contributed by atoms with Crippen LogP contribution < -0.4 is 4.74 Å². The van der Waals surface area contributed by atoms with Crippen molar-refractivity contribution in [2.45, 2.75) is 5.41 Å². The van der Waals surface area contributed by atoms with Crippen LogP contribution in [0.5, 0.6) is 11.5 Å². The van der Waals surface area contributed by atoms with E-state index in [0.717, 1.165) is 61.7 Å². The third-order valence-electron chi connectivity index (χ3n) is 9.97. The normalized spacial score (nSPS) is 13.3. The van der Waals surface area contributed by atoms with Gasteiger partial charge in [0, 0.05) is 27.6 Å². The summed E-state index contributed by atoms with van der Waals surface area (Å²) in [5.41, 5.74) is 13.2. The van der Waals surface area contributed by atoms with E-state index in [-0.39, 0.29) is 0 Å². The molecule has 0 N–H and O–H groups in total. The molecule has 2 heterocycles. The highest BCUT2D eigenvalue weighted by atomic mass is 16.5. The highest BCUT2D eigenvalue weighted by Gasteiger charge is 2.50. The lowest BCUT2D eigenvalue weighted by Gasteiger charge is -2.39. The van der Waals surface area contributed by atoms with E-state index in [1.54, 1.807) is 0 Å². The summed E-state index contributed by atoms with van der Waals surface area (Å²) in [6.07, 6.45) is 0. The summed E-state index contributed by atoms with van der Waals surface area (Å²) in [6.45, 7) is 0. The number of hydrogen-bond donors (Lipinski definition) is 0. The van der Waals surface area contributed by atoms with E-state index in [9.17, 15) is 0 Å². The van der Waals surface area contributed by atoms with Gasteiger partial charge in [0.15, 0.2) is 5.82 Å². The van der Waals surface area contributed by atoms with Crippen LogP contribution in [0.2, 0.25) is 0 Å². The van der Waals surface area contributed by atoms with Gasteiger partial charge in [-0.25, -0.2) is 9.97 Å². The molecule has 224 valence electrons. The zero-order chi connectivity index (χ0) is 31.7. The van der Waals surface area contributed by atoms with Crippen molar-refractivity contribution in [2.75, 3.05) is 0 Å². The Morgan fingerprint density at radius 2 is 0.979 bits per heavy atom. The molecule has 0 unspecified atom stereocenters. The van der Waals surface area contributed by atoms with E-state index in [4.69, 9.17) is 14.7 Å². The quantitative estimate of drug-likeness (QED) is 0.199. The van der Waals surface area contributed by atoms with Crippen LogP contribution in [0.1, 0.15) is 22.3 Å². The van der Waals surface area contributed by atoms with Gasteiger partial charge in [0.05, 0.1) is 16.6 Å². The lowest BCUT2D eigenvalue weighted by Crippen LogP contribution is -2.32. The first-order valence-corrected chi connectivity index (χ1v) is 16.3. The summed E-state index contributed by atoms with van der Waals surface area (Å²) < 4.78 is 6.64. The molecule has 1 aromatic heterocycles. The predicted molar refractivity (Wildman–Crippen MR) is 193 cm³/mol. The second-order valence-electron chi connectivity index (χ2n) is 12.5. The molecule has 48 heavy (non-hydrogen) atoms. The van der Waals surface area contributed by atoms with Gasteiger partial charge in [0.2, 0.25) is 0 Å². The van der Waals surface area contributed by atoms with Crippen LogP contribution in [0.4, 0.5) is 0 Å². The van der Waals surface area contributed by atoms with Crippen molar-refractivity contribution in [2.24, 2.45) is 0 Å². The Kier molecular flexibility index (Phi) is 5.79. The van der Waals surface area contributed by atoms with E-state index >= 15 is 0 Å². The lowest BCUT2D eigenvalue weighted by atomic mass is 9.66. The molecule has 1 aliphatic heterocycles. The minimum atomic E-state index is -0.485. The summed E-state index contributed by atoms with van der Waals surface area (Å²) >= 11 is 0. The van der Waals surface area contributed by atoms with E-state index < -0.39 is 5.41 Å². The third kappa shape index (κ3) is 3.82. The number of hydrogen-bond acceptors (Lipinski definition) is 3. The first-order chi connectivity index (χ1) is 23.8. The van der Waals surface area contributed by atoms with Gasteiger partial charge in [-0.3, -0.25) is 0 Å². The van der Waals surface area contributed by atoms with Gasteiger partial charge in [-0.15, -0.1) is 0 Å². The molecule has 7 aromatic carbocycles. The SMILES string of the molecule is c1ccc(-c2nc(-c3ccc(-c4ccc5c(c4)C4(c6ccccc6O5)c5ccccc5-c5ccccc54)cc3)c3ccccc3n2)cc1. The molecule has 0 saturated heterocycles. The summed E-state index contributed by atoms with van der Waals surface area (Å²) in [5.74, 6) is 2.52. The zero-order valence-electron chi connectivity index (χ0n) is 26.0. The maximum Gasteiger partial charge on any atom is 0.160 e. The summed E-state index contributed by atoms with van der Waals surface area (Å²) in [7, 11) is 0. The number of nitrogens with zero attached hydrogens (tertiary/aromatic N) is 2. The van der Waals surface area contributed by atoms with Crippen LogP contribution >= 0.6 is 0 Å². The van der Waals surface area contributed by atoms with Gasteiger partial charge in [0.1, 0.15) is 11.5 Å². The largest absolute Gasteiger partial charge is 0.457 e. The third-order valence-corrected chi connectivity index (χ3v) is 9.97. The van der Waals surface area contributed by atoms with Crippen LogP contribution in [0, 0.1) is 0 Å². The molecular weight excluding hydrogens is 585 g/mol. The molecule has 2 aliphatic rings. The van der Waals surface area contributed by atoms with Crippen LogP contribution in [0.25, 0.3) is 55.8 Å². The molecule has 3 heteroatoms. The van der Waals surface area contributed by atoms with E-state index in [0.29, 0.717) is 0 Å². The Balaban J connectivity index is 1.13. The standard InChI is InChI=1S/C45H28N2O/c1-2-12-31(13-3-1)44-46-40-20-10-6-16-35(40)43(47-44)30-24-22-29(23-25-30)32-26-27-42-39(28-32)45(38-19-9-11-21-41(38)48-42)36-17-7-4-14-33(36)34-15-5-8-18-37(34)45/h1-28H. The Bertz CT molecular complexity index is 2490. The van der Waals surface area contributed by atoms with Gasteiger partial charge in [-0.05, 0) is 57.6 Å². The molecule has 0 bridgehead atoms. The van der Waals surface area contributed by atoms with Crippen molar-refractivity contribution in [1.82, 2.24) is 9.97 Å². The van der Waals surface area contributed by atoms with Gasteiger partial charge >= 0.3 is 0 Å². The second-order valence-corrected chi connectivity index (χ2v) is 12.5. The first-order valence-electron chi connectivity index (χ1n) is 16.3. The van der Waals surface area contributed by atoms with Crippen molar-refractivity contribution < 1.29 is 4.74 Å². The van der Waals surface area contributed by atoms with Crippen molar-refractivity contribution in [3.8, 4) is 56.4 Å². The van der Waals surface area contributed by atoms with Gasteiger partial charge in [-0.2, -0.15) is 0 Å². The highest BCUT2D eigenvalue weighted by molar-refractivity contribution is 5.94. The van der Waals surface area contributed by atoms with E-state index in [2.05, 4.69) is 140 Å². The van der Waals surface area contributed by atoms with E-state index in [1.165, 1.54) is 27.8 Å². The minimum Gasteiger partial charge on any atom is -0.457 e. The predicted octanol–water partition coefficient (Wildman–Crippen LogP) is 11.1. The number of benzene rings is 7. The number of rotatable bonds is 3. The van der Waals surface area contributed by atoms with Gasteiger partial charge in [-0.1, -0.05) is 146 Å². The molecule has 1 spiro atoms. The zero-order valence-corrected chi connectivity index (χ0v) is 26.0. The average Bonchev–Trinajstić information content (AvgIpc) is 3.45. The molecule has 8 aromatic rings. The van der Waals surface area contributed by atoms with Crippen molar-refractivity contribution in [1.29, 1.82) is 0 Å². The molecule has 0 amide bonds. The Hall–Kier alpha value is -6.32. The van der Waals surface area contributed by atoms with Gasteiger partial charge in [0.25, 0.3) is 0 Å². The fraction of sp³-hybridized carbons (Fsp3) is 0.0222. The van der Waals surface area contributed by atoms with Crippen LogP contribution in [0.15, 0.2) is 170 Å². The maximum atomic E-state index is 6.64. The average molecular weight is 613 g/mol. The maximum absolute atomic E-state index is 6.64. The smallest absolute Gasteiger partial charge is 0.160 e. The number of para-hydroxylation sites is 2. The number of fused-ring (bicyclic) bond motifs is 10. The second kappa shape index (κ2) is 10.3. The summed E-state index contributed by atoms with van der Waals surface area (Å²) in [4.78, 5) is 9.98. The fourth-order valence-corrected chi connectivity index (χ4v) is 7.87. The molecule has 1 aliphatic carbocycles. The van der Waals surface area contributed by atoms with Crippen molar-refractivity contribution >= 4 is 10.9 Å². The molecule has 0 atom stereocenters. The first kappa shape index (κ1) is 26.9. The van der Waals surface area contributed by atoms with Crippen LogP contribution in [-0.2, 0) is 5.41 Å². The molecule has 0 fully saturated rings. The highest BCUT2D eigenvalue weighted by Crippen LogP contribution is 2.62. The Labute approximate surface area is 278 Å². The Morgan fingerprint density at radius 3 is 1.75 bits per heavy atom. The summed E-state index contributed by atoms with van der Waals surface area (Å²) in [5, 5.41) is 1.04. The monoisotopic (exact) mass is 612 g/mol. The van der Waals surface area contributed by atoms with Gasteiger partial charge < -0.3 is 4.74 Å². The number of ether oxygens (including phenoxy) is 1. The topological polar surface area (TPSA) is 35.0 Å². The Morgan fingerprint density at radius 1 is 0.396 bits per heavy atom.